The van der Waals surface area contributed by atoms with Gasteiger partial charge in [-0.05, 0) is 39.8 Å². The largest absolute Gasteiger partial charge is 0.364 e. The summed E-state index contributed by atoms with van der Waals surface area (Å²) in [6, 6.07) is 15.5. The molecule has 5 rings (SSSR count). The van der Waals surface area contributed by atoms with Gasteiger partial charge in [0.2, 0.25) is 10.1 Å². The van der Waals surface area contributed by atoms with E-state index in [1.165, 1.54) is 11.6 Å². The molecule has 0 unspecified atom stereocenters. The number of nitrogens with one attached hydrogen (secondary N) is 1. The molecule has 34 heavy (non-hydrogen) atoms. The van der Waals surface area contributed by atoms with E-state index in [-0.39, 0.29) is 11.4 Å². The fourth-order valence-electron chi connectivity index (χ4n) is 4.29. The molecule has 8 heteroatoms. The van der Waals surface area contributed by atoms with Gasteiger partial charge in [0.1, 0.15) is 11.5 Å². The van der Waals surface area contributed by atoms with E-state index < -0.39 is 0 Å². The number of rotatable bonds is 5. The van der Waals surface area contributed by atoms with Crippen LogP contribution in [0.15, 0.2) is 48.5 Å². The summed E-state index contributed by atoms with van der Waals surface area (Å²) < 4.78 is 16.0. The molecule has 1 N–H and O–H groups in total. The molecule has 0 atom stereocenters. The van der Waals surface area contributed by atoms with Gasteiger partial charge in [-0.25, -0.2) is 9.37 Å². The van der Waals surface area contributed by atoms with Gasteiger partial charge in [0.05, 0.1) is 0 Å². The number of piperazine rings is 1. The van der Waals surface area contributed by atoms with Crippen LogP contribution in [0.2, 0.25) is 0 Å². The molecule has 0 saturated carbocycles. The quantitative estimate of drug-likeness (QED) is 0.414. The third-order valence-corrected chi connectivity index (χ3v) is 6.94. The minimum absolute atomic E-state index is 0.128. The number of halogens is 1. The van der Waals surface area contributed by atoms with Crippen molar-refractivity contribution in [2.75, 3.05) is 36.4 Å². The monoisotopic (exact) mass is 478 g/mol. The average molecular weight is 479 g/mol. The molecule has 4 aromatic rings. The Hall–Kier alpha value is -2.97. The van der Waals surface area contributed by atoms with Crippen molar-refractivity contribution >= 4 is 27.2 Å². The maximum atomic E-state index is 14.0. The standard InChI is InChI=1S/C26H31FN6S/c1-18-8-7-10-19(16-18)22-23(29-26(2,3)4)33-24(28-22)34-25(30-33)32-14-12-31(13-15-32)17-20-9-5-6-11-21(20)27/h5-11,16,29H,12-15,17H2,1-4H3. The lowest BCUT2D eigenvalue weighted by molar-refractivity contribution is 0.246. The lowest BCUT2D eigenvalue weighted by atomic mass is 10.1. The van der Waals surface area contributed by atoms with E-state index in [1.807, 2.05) is 16.6 Å². The second-order valence-corrected chi connectivity index (χ2v) is 10.9. The topological polar surface area (TPSA) is 48.7 Å². The van der Waals surface area contributed by atoms with Crippen LogP contribution in [0.4, 0.5) is 15.3 Å². The molecule has 1 fully saturated rings. The average Bonchev–Trinajstić information content (AvgIpc) is 3.34. The first-order chi connectivity index (χ1) is 16.3. The van der Waals surface area contributed by atoms with Gasteiger partial charge in [-0.3, -0.25) is 4.90 Å². The molecule has 1 aliphatic rings. The fourth-order valence-corrected chi connectivity index (χ4v) is 5.24. The van der Waals surface area contributed by atoms with Gasteiger partial charge < -0.3 is 10.2 Å². The molecular weight excluding hydrogens is 447 g/mol. The molecule has 0 aliphatic carbocycles. The molecule has 0 amide bonds. The Morgan fingerprint density at radius 3 is 2.50 bits per heavy atom. The van der Waals surface area contributed by atoms with E-state index >= 15 is 0 Å². The minimum Gasteiger partial charge on any atom is -0.364 e. The Kier molecular flexibility index (Phi) is 6.04. The van der Waals surface area contributed by atoms with E-state index in [1.54, 1.807) is 17.4 Å². The van der Waals surface area contributed by atoms with E-state index in [4.69, 9.17) is 10.1 Å². The molecule has 1 saturated heterocycles. The summed E-state index contributed by atoms with van der Waals surface area (Å²) in [5, 5.41) is 9.57. The summed E-state index contributed by atoms with van der Waals surface area (Å²) in [6.45, 7) is 12.6. The molecule has 6 nitrogen and oxygen atoms in total. The summed E-state index contributed by atoms with van der Waals surface area (Å²) in [5.74, 6) is 0.795. The van der Waals surface area contributed by atoms with E-state index in [0.717, 1.165) is 58.9 Å². The predicted octanol–water partition coefficient (Wildman–Crippen LogP) is 5.44. The highest BCUT2D eigenvalue weighted by Crippen LogP contribution is 2.35. The number of aromatic nitrogens is 3. The van der Waals surface area contributed by atoms with Crippen LogP contribution in [0.3, 0.4) is 0 Å². The smallest absolute Gasteiger partial charge is 0.216 e. The van der Waals surface area contributed by atoms with Crippen LogP contribution in [0.5, 0.6) is 0 Å². The van der Waals surface area contributed by atoms with Gasteiger partial charge in [0.25, 0.3) is 0 Å². The van der Waals surface area contributed by atoms with Crippen molar-refractivity contribution in [2.24, 2.45) is 0 Å². The molecule has 1 aliphatic heterocycles. The molecule has 178 valence electrons. The number of nitrogens with zero attached hydrogens (tertiary/aromatic N) is 5. The van der Waals surface area contributed by atoms with Crippen LogP contribution in [-0.2, 0) is 6.54 Å². The Bertz CT molecular complexity index is 1300. The maximum absolute atomic E-state index is 14.0. The summed E-state index contributed by atoms with van der Waals surface area (Å²) in [4.78, 5) is 10.5. The van der Waals surface area contributed by atoms with Crippen molar-refractivity contribution in [2.45, 2.75) is 39.8 Å². The lowest BCUT2D eigenvalue weighted by Crippen LogP contribution is -2.46. The zero-order chi connectivity index (χ0) is 23.9. The van der Waals surface area contributed by atoms with E-state index in [9.17, 15) is 4.39 Å². The number of aryl methyl sites for hydroxylation is 1. The number of hydrogen-bond donors (Lipinski definition) is 1. The number of hydrogen-bond acceptors (Lipinski definition) is 6. The van der Waals surface area contributed by atoms with Crippen LogP contribution in [0.1, 0.15) is 31.9 Å². The van der Waals surface area contributed by atoms with Crippen LogP contribution in [0, 0.1) is 12.7 Å². The van der Waals surface area contributed by atoms with Gasteiger partial charge in [-0.1, -0.05) is 53.3 Å². The highest BCUT2D eigenvalue weighted by molar-refractivity contribution is 7.20. The number of imidazole rings is 1. The summed E-state index contributed by atoms with van der Waals surface area (Å²) in [6.07, 6.45) is 0. The van der Waals surface area contributed by atoms with Crippen LogP contribution in [0.25, 0.3) is 16.2 Å². The number of benzene rings is 2. The van der Waals surface area contributed by atoms with Gasteiger partial charge in [0.15, 0.2) is 5.82 Å². The Morgan fingerprint density at radius 2 is 1.79 bits per heavy atom. The first kappa shape index (κ1) is 22.8. The van der Waals surface area contributed by atoms with Crippen molar-refractivity contribution < 1.29 is 4.39 Å². The van der Waals surface area contributed by atoms with Gasteiger partial charge in [0, 0.05) is 49.4 Å². The summed E-state index contributed by atoms with van der Waals surface area (Å²) in [7, 11) is 0. The van der Waals surface area contributed by atoms with Crippen molar-refractivity contribution in [3.05, 3.63) is 65.5 Å². The van der Waals surface area contributed by atoms with Crippen molar-refractivity contribution in [1.29, 1.82) is 0 Å². The first-order valence-corrected chi connectivity index (χ1v) is 12.5. The minimum atomic E-state index is -0.130. The Balaban J connectivity index is 1.37. The van der Waals surface area contributed by atoms with Gasteiger partial charge in [-0.15, -0.1) is 5.10 Å². The normalized spacial score (nSPS) is 15.3. The highest BCUT2D eigenvalue weighted by atomic mass is 32.1. The second kappa shape index (κ2) is 9.00. The van der Waals surface area contributed by atoms with E-state index in [0.29, 0.717) is 6.54 Å². The lowest BCUT2D eigenvalue weighted by Gasteiger charge is -2.34. The summed E-state index contributed by atoms with van der Waals surface area (Å²) >= 11 is 1.62. The number of fused-ring (bicyclic) bond motifs is 1. The Labute approximate surface area is 204 Å². The molecule has 0 radical (unpaired) electrons. The number of anilines is 2. The summed E-state index contributed by atoms with van der Waals surface area (Å²) in [5.41, 5.74) is 3.85. The van der Waals surface area contributed by atoms with Crippen LogP contribution >= 0.6 is 11.3 Å². The van der Waals surface area contributed by atoms with Gasteiger partial charge in [-0.2, -0.15) is 4.52 Å². The van der Waals surface area contributed by atoms with E-state index in [2.05, 4.69) is 67.1 Å². The molecule has 3 heterocycles. The molecule has 2 aromatic heterocycles. The first-order valence-electron chi connectivity index (χ1n) is 11.7. The van der Waals surface area contributed by atoms with Crippen LogP contribution in [-0.4, -0.2) is 51.2 Å². The van der Waals surface area contributed by atoms with Gasteiger partial charge >= 0.3 is 0 Å². The van der Waals surface area contributed by atoms with Crippen molar-refractivity contribution in [3.8, 4) is 11.3 Å². The third kappa shape index (κ3) is 4.79. The van der Waals surface area contributed by atoms with Crippen LogP contribution < -0.4 is 10.2 Å². The SMILES string of the molecule is Cc1cccc(-c2nc3sc(N4CCN(Cc5ccccc5F)CC4)nn3c2NC(C)(C)C)c1. The second-order valence-electron chi connectivity index (χ2n) is 9.99. The zero-order valence-electron chi connectivity index (χ0n) is 20.2. The van der Waals surface area contributed by atoms with Crippen molar-refractivity contribution in [3.63, 3.8) is 0 Å². The Morgan fingerprint density at radius 1 is 1.03 bits per heavy atom. The van der Waals surface area contributed by atoms with Crippen molar-refractivity contribution in [1.82, 2.24) is 19.5 Å². The zero-order valence-corrected chi connectivity index (χ0v) is 21.0. The maximum Gasteiger partial charge on any atom is 0.216 e. The third-order valence-electron chi connectivity index (χ3n) is 5.97. The molecular formula is C26H31FN6S. The molecule has 2 aromatic carbocycles. The molecule has 0 spiro atoms. The molecule has 0 bridgehead atoms. The fraction of sp³-hybridized carbons (Fsp3) is 0.385. The predicted molar refractivity (Wildman–Crippen MR) is 138 cm³/mol. The highest BCUT2D eigenvalue weighted by Gasteiger charge is 2.25.